The Morgan fingerprint density at radius 2 is 1.81 bits per heavy atom. The van der Waals surface area contributed by atoms with Crippen molar-refractivity contribution >= 4 is 5.97 Å². The van der Waals surface area contributed by atoms with Gasteiger partial charge in [-0.15, -0.1) is 0 Å². The second-order valence-corrected chi connectivity index (χ2v) is 5.49. The average molecular weight is 293 g/mol. The molecule has 0 N–H and O–H groups in total. The molecule has 0 unspecified atom stereocenters. The molecule has 4 heteroatoms. The Morgan fingerprint density at radius 1 is 1.14 bits per heavy atom. The molecule has 1 aromatic rings. The third kappa shape index (κ3) is 6.74. The monoisotopic (exact) mass is 293 g/mol. The number of carbonyl (C=O) groups excluding carboxylic acids is 1. The Labute approximate surface area is 128 Å². The first kappa shape index (κ1) is 17.7. The van der Waals surface area contributed by atoms with E-state index in [0.29, 0.717) is 25.5 Å². The molecule has 0 aromatic heterocycles. The Balaban J connectivity index is 2.59. The molecule has 0 aliphatic heterocycles. The summed E-state index contributed by atoms with van der Waals surface area (Å²) >= 11 is 0. The summed E-state index contributed by atoms with van der Waals surface area (Å²) in [6.45, 7) is 7.35. The largest absolute Gasteiger partial charge is 0.469 e. The first-order chi connectivity index (χ1) is 10.1. The van der Waals surface area contributed by atoms with E-state index in [9.17, 15) is 4.79 Å². The molecule has 0 heterocycles. The number of esters is 1. The molecule has 0 saturated carbocycles. The molecule has 0 radical (unpaired) electrons. The molecule has 1 rings (SSSR count). The van der Waals surface area contributed by atoms with E-state index < -0.39 is 0 Å². The van der Waals surface area contributed by atoms with Gasteiger partial charge in [-0.05, 0) is 17.0 Å². The maximum Gasteiger partial charge on any atom is 0.306 e. The van der Waals surface area contributed by atoms with Crippen LogP contribution in [0.5, 0.6) is 0 Å². The highest BCUT2D eigenvalue weighted by Crippen LogP contribution is 2.15. The molecule has 118 valence electrons. The van der Waals surface area contributed by atoms with Gasteiger partial charge in [0.15, 0.2) is 0 Å². The smallest absolute Gasteiger partial charge is 0.306 e. The molecule has 0 bridgehead atoms. The first-order valence-corrected chi connectivity index (χ1v) is 7.43. The second-order valence-electron chi connectivity index (χ2n) is 5.49. The summed E-state index contributed by atoms with van der Waals surface area (Å²) in [7, 11) is 3.11. The summed E-state index contributed by atoms with van der Waals surface area (Å²) in [5.41, 5.74) is 2.59. The fourth-order valence-corrected chi connectivity index (χ4v) is 2.11. The fourth-order valence-electron chi connectivity index (χ4n) is 2.11. The second kappa shape index (κ2) is 9.53. The van der Waals surface area contributed by atoms with Gasteiger partial charge in [-0.1, -0.05) is 38.1 Å². The molecule has 1 aromatic carbocycles. The van der Waals surface area contributed by atoms with E-state index in [2.05, 4.69) is 43.0 Å². The zero-order valence-electron chi connectivity index (χ0n) is 13.6. The van der Waals surface area contributed by atoms with Crippen LogP contribution in [0, 0.1) is 0 Å². The van der Waals surface area contributed by atoms with Crippen LogP contribution in [0.3, 0.4) is 0 Å². The minimum atomic E-state index is -0.174. The first-order valence-electron chi connectivity index (χ1n) is 7.43. The maximum atomic E-state index is 11.3. The van der Waals surface area contributed by atoms with Gasteiger partial charge in [-0.2, -0.15) is 0 Å². The van der Waals surface area contributed by atoms with Gasteiger partial charge in [0.1, 0.15) is 0 Å². The van der Waals surface area contributed by atoms with Gasteiger partial charge in [0, 0.05) is 26.7 Å². The number of carbonyl (C=O) groups is 1. The average Bonchev–Trinajstić information content (AvgIpc) is 2.50. The Morgan fingerprint density at radius 3 is 2.33 bits per heavy atom. The summed E-state index contributed by atoms with van der Waals surface area (Å²) in [6, 6.07) is 8.67. The SMILES string of the molecule is COCCN(CCC(=O)OC)Cc1ccc(C(C)C)cc1. The normalized spacial score (nSPS) is 11.1. The minimum absolute atomic E-state index is 0.174. The van der Waals surface area contributed by atoms with Crippen molar-refractivity contribution in [2.24, 2.45) is 0 Å². The molecule has 0 amide bonds. The van der Waals surface area contributed by atoms with Crippen molar-refractivity contribution in [1.29, 1.82) is 0 Å². The summed E-state index contributed by atoms with van der Waals surface area (Å²) in [5, 5.41) is 0. The third-order valence-electron chi connectivity index (χ3n) is 3.52. The van der Waals surface area contributed by atoms with Gasteiger partial charge in [0.05, 0.1) is 20.1 Å². The predicted molar refractivity (Wildman–Crippen MR) is 84.3 cm³/mol. The van der Waals surface area contributed by atoms with E-state index in [4.69, 9.17) is 9.47 Å². The molecule has 0 aliphatic rings. The summed E-state index contributed by atoms with van der Waals surface area (Å²) in [5.74, 6) is 0.371. The zero-order valence-corrected chi connectivity index (χ0v) is 13.6. The van der Waals surface area contributed by atoms with Gasteiger partial charge in [-0.3, -0.25) is 9.69 Å². The van der Waals surface area contributed by atoms with Crippen molar-refractivity contribution in [3.8, 4) is 0 Å². The standard InChI is InChI=1S/C17H27NO3/c1-14(2)16-7-5-15(6-8-16)13-18(11-12-20-3)10-9-17(19)21-4/h5-8,14H,9-13H2,1-4H3. The van der Waals surface area contributed by atoms with Crippen LogP contribution < -0.4 is 0 Å². The number of rotatable bonds is 9. The van der Waals surface area contributed by atoms with Crippen molar-refractivity contribution in [1.82, 2.24) is 4.90 Å². The fraction of sp³-hybridized carbons (Fsp3) is 0.588. The topological polar surface area (TPSA) is 38.8 Å². The molecule has 21 heavy (non-hydrogen) atoms. The van der Waals surface area contributed by atoms with Gasteiger partial charge in [0.25, 0.3) is 0 Å². The predicted octanol–water partition coefficient (Wildman–Crippen LogP) is 2.82. The van der Waals surface area contributed by atoms with Crippen LogP contribution >= 0.6 is 0 Å². The van der Waals surface area contributed by atoms with Crippen LogP contribution in [0.2, 0.25) is 0 Å². The highest BCUT2D eigenvalue weighted by Gasteiger charge is 2.09. The Hall–Kier alpha value is -1.39. The minimum Gasteiger partial charge on any atom is -0.469 e. The number of benzene rings is 1. The van der Waals surface area contributed by atoms with E-state index in [-0.39, 0.29) is 5.97 Å². The lowest BCUT2D eigenvalue weighted by atomic mass is 10.0. The quantitative estimate of drug-likeness (QED) is 0.656. The lowest BCUT2D eigenvalue weighted by Gasteiger charge is -2.21. The van der Waals surface area contributed by atoms with Crippen molar-refractivity contribution in [3.05, 3.63) is 35.4 Å². The van der Waals surface area contributed by atoms with Crippen LogP contribution in [0.15, 0.2) is 24.3 Å². The van der Waals surface area contributed by atoms with E-state index in [0.717, 1.165) is 13.1 Å². The Bertz CT molecular complexity index is 415. The third-order valence-corrected chi connectivity index (χ3v) is 3.52. The Kier molecular flexibility index (Phi) is 8.01. The van der Waals surface area contributed by atoms with Gasteiger partial charge in [-0.25, -0.2) is 0 Å². The van der Waals surface area contributed by atoms with Crippen LogP contribution in [0.25, 0.3) is 0 Å². The highest BCUT2D eigenvalue weighted by molar-refractivity contribution is 5.69. The maximum absolute atomic E-state index is 11.3. The molecular formula is C17H27NO3. The van der Waals surface area contributed by atoms with Crippen LogP contribution in [-0.2, 0) is 20.8 Å². The van der Waals surface area contributed by atoms with E-state index in [1.807, 2.05) is 0 Å². The molecule has 4 nitrogen and oxygen atoms in total. The van der Waals surface area contributed by atoms with Crippen LogP contribution in [0.1, 0.15) is 37.3 Å². The molecular weight excluding hydrogens is 266 g/mol. The summed E-state index contributed by atoms with van der Waals surface area (Å²) < 4.78 is 9.84. The highest BCUT2D eigenvalue weighted by atomic mass is 16.5. The number of methoxy groups -OCH3 is 2. The summed E-state index contributed by atoms with van der Waals surface area (Å²) in [6.07, 6.45) is 0.407. The molecule has 0 fully saturated rings. The van der Waals surface area contributed by atoms with E-state index in [1.165, 1.54) is 18.2 Å². The number of nitrogens with zero attached hydrogens (tertiary/aromatic N) is 1. The lowest BCUT2D eigenvalue weighted by Crippen LogP contribution is -2.29. The molecule has 0 aliphatic carbocycles. The number of ether oxygens (including phenoxy) is 2. The van der Waals surface area contributed by atoms with E-state index in [1.54, 1.807) is 7.11 Å². The van der Waals surface area contributed by atoms with Gasteiger partial charge in [0.2, 0.25) is 0 Å². The molecule has 0 atom stereocenters. The molecule has 0 spiro atoms. The van der Waals surface area contributed by atoms with Crippen molar-refractivity contribution in [2.45, 2.75) is 32.7 Å². The van der Waals surface area contributed by atoms with Gasteiger partial charge < -0.3 is 9.47 Å². The van der Waals surface area contributed by atoms with Gasteiger partial charge >= 0.3 is 5.97 Å². The lowest BCUT2D eigenvalue weighted by molar-refractivity contribution is -0.141. The van der Waals surface area contributed by atoms with Crippen molar-refractivity contribution in [2.75, 3.05) is 33.9 Å². The van der Waals surface area contributed by atoms with Crippen LogP contribution in [0.4, 0.5) is 0 Å². The number of hydrogen-bond donors (Lipinski definition) is 0. The van der Waals surface area contributed by atoms with Crippen LogP contribution in [-0.4, -0.2) is 44.8 Å². The van der Waals surface area contributed by atoms with Crippen molar-refractivity contribution < 1.29 is 14.3 Å². The zero-order chi connectivity index (χ0) is 15.7. The summed E-state index contributed by atoms with van der Waals surface area (Å²) in [4.78, 5) is 13.5. The number of hydrogen-bond acceptors (Lipinski definition) is 4. The van der Waals surface area contributed by atoms with E-state index >= 15 is 0 Å². The van der Waals surface area contributed by atoms with Crippen molar-refractivity contribution in [3.63, 3.8) is 0 Å². The molecule has 0 saturated heterocycles.